The minimum Gasteiger partial charge on any atom is -0.484 e. The van der Waals surface area contributed by atoms with Crippen LogP contribution in [0.1, 0.15) is 25.8 Å². The van der Waals surface area contributed by atoms with Gasteiger partial charge in [0.1, 0.15) is 17.4 Å². The van der Waals surface area contributed by atoms with Gasteiger partial charge in [-0.25, -0.2) is 9.59 Å². The van der Waals surface area contributed by atoms with Crippen molar-refractivity contribution in [3.63, 3.8) is 0 Å². The van der Waals surface area contributed by atoms with Crippen molar-refractivity contribution < 1.29 is 23.8 Å². The number of benzene rings is 1. The molecule has 0 saturated carbocycles. The Morgan fingerprint density at radius 2 is 2.04 bits per heavy atom. The molecule has 0 aliphatic carbocycles. The summed E-state index contributed by atoms with van der Waals surface area (Å²) in [6.07, 6.45) is 0.626. The lowest BCUT2D eigenvalue weighted by molar-refractivity contribution is -0.143. The second kappa shape index (κ2) is 7.83. The van der Waals surface area contributed by atoms with Crippen LogP contribution in [0.4, 0.5) is 0 Å². The van der Waals surface area contributed by atoms with Gasteiger partial charge in [-0.15, -0.1) is 0 Å². The van der Waals surface area contributed by atoms with Gasteiger partial charge in [0.15, 0.2) is 6.61 Å². The van der Waals surface area contributed by atoms with Gasteiger partial charge in [0, 0.05) is 17.5 Å². The number of amides is 1. The number of ether oxygens (including phenoxy) is 1. The summed E-state index contributed by atoms with van der Waals surface area (Å²) in [6, 6.07) is 5.36. The lowest BCUT2D eigenvalue weighted by atomic mass is 9.99. The highest BCUT2D eigenvalue weighted by Gasteiger charge is 2.25. The van der Waals surface area contributed by atoms with Gasteiger partial charge < -0.3 is 19.6 Å². The van der Waals surface area contributed by atoms with Gasteiger partial charge in [-0.05, 0) is 30.5 Å². The van der Waals surface area contributed by atoms with Gasteiger partial charge in [0.05, 0.1) is 0 Å². The molecule has 1 heterocycles. The maximum absolute atomic E-state index is 12.0. The van der Waals surface area contributed by atoms with E-state index in [4.69, 9.17) is 9.15 Å². The Balaban J connectivity index is 2.05. The van der Waals surface area contributed by atoms with Crippen LogP contribution in [0.5, 0.6) is 5.75 Å². The molecule has 0 unspecified atom stereocenters. The monoisotopic (exact) mass is 347 g/mol. The number of nitrogens with one attached hydrogen (secondary N) is 1. The van der Waals surface area contributed by atoms with Crippen molar-refractivity contribution in [2.45, 2.75) is 33.2 Å². The molecule has 1 amide bonds. The van der Waals surface area contributed by atoms with Crippen LogP contribution in [0, 0.1) is 12.8 Å². The molecule has 2 atom stereocenters. The van der Waals surface area contributed by atoms with Gasteiger partial charge in [-0.1, -0.05) is 20.3 Å². The maximum Gasteiger partial charge on any atom is 0.336 e. The molecule has 0 spiro atoms. The van der Waals surface area contributed by atoms with E-state index in [1.54, 1.807) is 26.0 Å². The average Bonchev–Trinajstić information content (AvgIpc) is 2.56. The number of carboxylic acids is 1. The third-order valence-corrected chi connectivity index (χ3v) is 4.09. The molecular formula is C18H21NO6. The zero-order valence-electron chi connectivity index (χ0n) is 14.4. The number of carbonyl (C=O) groups excluding carboxylic acids is 1. The van der Waals surface area contributed by atoms with E-state index in [1.165, 1.54) is 12.1 Å². The van der Waals surface area contributed by atoms with Crippen molar-refractivity contribution >= 4 is 22.8 Å². The lowest BCUT2D eigenvalue weighted by Gasteiger charge is -2.20. The van der Waals surface area contributed by atoms with Crippen molar-refractivity contribution in [3.05, 3.63) is 40.2 Å². The molecule has 1 aromatic heterocycles. The number of hydrogen-bond acceptors (Lipinski definition) is 5. The predicted molar refractivity (Wildman–Crippen MR) is 91.7 cm³/mol. The third-order valence-electron chi connectivity index (χ3n) is 4.09. The van der Waals surface area contributed by atoms with Gasteiger partial charge in [0.25, 0.3) is 5.91 Å². The smallest absolute Gasteiger partial charge is 0.336 e. The maximum atomic E-state index is 12.0. The van der Waals surface area contributed by atoms with E-state index < -0.39 is 23.5 Å². The molecule has 0 radical (unpaired) electrons. The summed E-state index contributed by atoms with van der Waals surface area (Å²) in [4.78, 5) is 34.6. The van der Waals surface area contributed by atoms with Crippen LogP contribution >= 0.6 is 0 Å². The molecule has 134 valence electrons. The quantitative estimate of drug-likeness (QED) is 0.743. The highest BCUT2D eigenvalue weighted by Crippen LogP contribution is 2.22. The van der Waals surface area contributed by atoms with Crippen molar-refractivity contribution in [3.8, 4) is 5.75 Å². The van der Waals surface area contributed by atoms with Gasteiger partial charge in [-0.3, -0.25) is 4.79 Å². The number of aryl methyl sites for hydroxylation is 1. The summed E-state index contributed by atoms with van der Waals surface area (Å²) in [7, 11) is 0. The second-order valence-corrected chi connectivity index (χ2v) is 5.96. The molecule has 0 aliphatic rings. The van der Waals surface area contributed by atoms with Crippen molar-refractivity contribution in [1.29, 1.82) is 0 Å². The Kier molecular flexibility index (Phi) is 5.80. The van der Waals surface area contributed by atoms with Crippen LogP contribution in [-0.2, 0) is 9.59 Å². The summed E-state index contributed by atoms with van der Waals surface area (Å²) in [6.45, 7) is 5.08. The van der Waals surface area contributed by atoms with E-state index >= 15 is 0 Å². The van der Waals surface area contributed by atoms with E-state index in [2.05, 4.69) is 5.32 Å². The topological polar surface area (TPSA) is 106 Å². The first kappa shape index (κ1) is 18.5. The molecule has 7 nitrogen and oxygen atoms in total. The summed E-state index contributed by atoms with van der Waals surface area (Å²) in [5.41, 5.74) is 0.692. The van der Waals surface area contributed by atoms with Crippen LogP contribution in [0.15, 0.2) is 33.5 Å². The summed E-state index contributed by atoms with van der Waals surface area (Å²) < 4.78 is 10.5. The Bertz CT molecular complexity index is 841. The van der Waals surface area contributed by atoms with Crippen LogP contribution in [0.3, 0.4) is 0 Å². The average molecular weight is 347 g/mol. The van der Waals surface area contributed by atoms with Crippen molar-refractivity contribution in [2.75, 3.05) is 6.61 Å². The summed E-state index contributed by atoms with van der Waals surface area (Å²) in [5.74, 6) is -1.45. The Morgan fingerprint density at radius 3 is 2.68 bits per heavy atom. The first-order chi connectivity index (χ1) is 11.8. The number of hydrogen-bond donors (Lipinski definition) is 2. The minimum absolute atomic E-state index is 0.195. The molecule has 0 saturated heterocycles. The fourth-order valence-corrected chi connectivity index (χ4v) is 2.44. The molecule has 0 fully saturated rings. The highest BCUT2D eigenvalue weighted by molar-refractivity contribution is 5.85. The van der Waals surface area contributed by atoms with Crippen molar-refractivity contribution in [2.24, 2.45) is 5.92 Å². The van der Waals surface area contributed by atoms with E-state index in [0.29, 0.717) is 17.8 Å². The Hall–Kier alpha value is -2.83. The largest absolute Gasteiger partial charge is 0.484 e. The fraction of sp³-hybridized carbons (Fsp3) is 0.389. The third kappa shape index (κ3) is 4.59. The molecule has 7 heteroatoms. The number of carbonyl (C=O) groups is 2. The van der Waals surface area contributed by atoms with Crippen LogP contribution in [0.25, 0.3) is 11.0 Å². The molecule has 1 aromatic carbocycles. The molecule has 0 aliphatic heterocycles. The van der Waals surface area contributed by atoms with Crippen molar-refractivity contribution in [1.82, 2.24) is 5.32 Å². The Labute approximate surface area is 144 Å². The fourth-order valence-electron chi connectivity index (χ4n) is 2.44. The van der Waals surface area contributed by atoms with Gasteiger partial charge >= 0.3 is 11.6 Å². The Morgan fingerprint density at radius 1 is 1.32 bits per heavy atom. The molecule has 2 rings (SSSR count). The van der Waals surface area contributed by atoms with E-state index in [1.807, 2.05) is 6.92 Å². The standard InChI is InChI=1S/C18H21NO6/c1-4-10(2)17(18(22)23)19-15(20)9-24-12-5-6-13-11(3)7-16(21)25-14(13)8-12/h5-8,10,17H,4,9H2,1-3H3,(H,19,20)(H,22,23)/t10-,17-/m1/s1. The number of aliphatic carboxylic acids is 1. The normalized spacial score (nSPS) is 13.2. The number of rotatable bonds is 7. The molecule has 2 aromatic rings. The van der Waals surface area contributed by atoms with Gasteiger partial charge in [-0.2, -0.15) is 0 Å². The molecule has 2 N–H and O–H groups in total. The molecular weight excluding hydrogens is 326 g/mol. The van der Waals surface area contributed by atoms with E-state index in [9.17, 15) is 19.5 Å². The second-order valence-electron chi connectivity index (χ2n) is 5.96. The zero-order chi connectivity index (χ0) is 18.6. The molecule has 25 heavy (non-hydrogen) atoms. The summed E-state index contributed by atoms with van der Waals surface area (Å²) in [5, 5.41) is 12.4. The highest BCUT2D eigenvalue weighted by atomic mass is 16.5. The van der Waals surface area contributed by atoms with E-state index in [0.717, 1.165) is 10.9 Å². The first-order valence-electron chi connectivity index (χ1n) is 8.01. The lowest BCUT2D eigenvalue weighted by Crippen LogP contribution is -2.46. The minimum atomic E-state index is -1.08. The first-order valence-corrected chi connectivity index (χ1v) is 8.01. The predicted octanol–water partition coefficient (Wildman–Crippen LogP) is 2.10. The zero-order valence-corrected chi connectivity index (χ0v) is 14.4. The number of fused-ring (bicyclic) bond motifs is 1. The molecule has 0 bridgehead atoms. The van der Waals surface area contributed by atoms with Crippen LogP contribution in [-0.4, -0.2) is 29.6 Å². The SMILES string of the molecule is CC[C@@H](C)[C@@H](NC(=O)COc1ccc2c(C)cc(=O)oc2c1)C(=O)O. The van der Waals surface area contributed by atoms with Gasteiger partial charge in [0.2, 0.25) is 0 Å². The summed E-state index contributed by atoms with van der Waals surface area (Å²) >= 11 is 0. The van der Waals surface area contributed by atoms with Crippen LogP contribution in [0.2, 0.25) is 0 Å². The van der Waals surface area contributed by atoms with E-state index in [-0.39, 0.29) is 12.5 Å². The van der Waals surface area contributed by atoms with Crippen LogP contribution < -0.4 is 15.7 Å². The number of carboxylic acid groups (broad SMARTS) is 1.